The second-order valence-electron chi connectivity index (χ2n) is 6.30. The summed E-state index contributed by atoms with van der Waals surface area (Å²) in [7, 11) is 1.88. The highest BCUT2D eigenvalue weighted by Crippen LogP contribution is 2.25. The van der Waals surface area contributed by atoms with E-state index in [1.165, 1.54) is 0 Å². The predicted octanol–water partition coefficient (Wildman–Crippen LogP) is 1.43. The molecule has 0 unspecified atom stereocenters. The third-order valence-electron chi connectivity index (χ3n) is 3.60. The second-order valence-corrected chi connectivity index (χ2v) is 6.30. The first-order chi connectivity index (χ1) is 9.97. The monoisotopic (exact) mass is 287 g/mol. The van der Waals surface area contributed by atoms with Crippen LogP contribution in [0.5, 0.6) is 0 Å². The highest BCUT2D eigenvalue weighted by molar-refractivity contribution is 5.50. The Bertz CT molecular complexity index is 641. The van der Waals surface area contributed by atoms with Crippen molar-refractivity contribution in [3.63, 3.8) is 0 Å². The van der Waals surface area contributed by atoms with Crippen molar-refractivity contribution in [2.75, 3.05) is 23.8 Å². The van der Waals surface area contributed by atoms with Crippen LogP contribution in [0.2, 0.25) is 0 Å². The molecule has 21 heavy (non-hydrogen) atoms. The highest BCUT2D eigenvalue weighted by atomic mass is 15.3. The minimum absolute atomic E-state index is 0.0859. The van der Waals surface area contributed by atoms with E-state index < -0.39 is 0 Å². The Morgan fingerprint density at radius 2 is 2.00 bits per heavy atom. The number of hydrogen-bond acceptors (Lipinski definition) is 6. The van der Waals surface area contributed by atoms with Crippen LogP contribution in [0.1, 0.15) is 32.4 Å². The summed E-state index contributed by atoms with van der Waals surface area (Å²) in [5, 5.41) is 11.2. The lowest BCUT2D eigenvalue weighted by Crippen LogP contribution is -2.34. The molecule has 3 heterocycles. The smallest absolute Gasteiger partial charge is 0.152 e. The Hall–Kier alpha value is -2.18. The Kier molecular flexibility index (Phi) is 3.27. The van der Waals surface area contributed by atoms with Gasteiger partial charge in [-0.3, -0.25) is 0 Å². The molecule has 0 fully saturated rings. The lowest BCUT2D eigenvalue weighted by molar-refractivity contribution is 0.532. The standard InChI is InChI=1S/C14H21N7/c1-14(2,3)13-17-10(15-4)7-11(18-13)20-5-6-21-9-16-19-12(21)8-20/h7,9H,5-6,8H2,1-4H3,(H,15,17,18). The van der Waals surface area contributed by atoms with Gasteiger partial charge in [0.25, 0.3) is 0 Å². The molecule has 1 N–H and O–H groups in total. The van der Waals surface area contributed by atoms with Gasteiger partial charge in [0.2, 0.25) is 0 Å². The zero-order valence-electron chi connectivity index (χ0n) is 13.0. The molecule has 0 aromatic carbocycles. The summed E-state index contributed by atoms with van der Waals surface area (Å²) in [6, 6.07) is 1.99. The summed E-state index contributed by atoms with van der Waals surface area (Å²) < 4.78 is 2.08. The largest absolute Gasteiger partial charge is 0.373 e. The van der Waals surface area contributed by atoms with Crippen LogP contribution in [0.4, 0.5) is 11.6 Å². The Balaban J connectivity index is 1.95. The van der Waals surface area contributed by atoms with Gasteiger partial charge in [0, 0.05) is 31.6 Å². The van der Waals surface area contributed by atoms with Crippen molar-refractivity contribution in [2.45, 2.75) is 39.3 Å². The SMILES string of the molecule is CNc1cc(N2CCn3cnnc3C2)nc(C(C)(C)C)n1. The van der Waals surface area contributed by atoms with E-state index in [1.807, 2.05) is 13.1 Å². The van der Waals surface area contributed by atoms with Gasteiger partial charge in [-0.25, -0.2) is 9.97 Å². The molecule has 7 heteroatoms. The van der Waals surface area contributed by atoms with Crippen molar-refractivity contribution in [2.24, 2.45) is 0 Å². The normalized spacial score (nSPS) is 15.0. The first kappa shape index (κ1) is 13.8. The first-order valence-corrected chi connectivity index (χ1v) is 7.16. The zero-order chi connectivity index (χ0) is 15.0. The number of nitrogens with one attached hydrogen (secondary N) is 1. The number of nitrogens with zero attached hydrogens (tertiary/aromatic N) is 6. The molecule has 112 valence electrons. The second kappa shape index (κ2) is 4.98. The number of anilines is 2. The summed E-state index contributed by atoms with van der Waals surface area (Å²) in [4.78, 5) is 11.5. The molecule has 0 bridgehead atoms. The fraction of sp³-hybridized carbons (Fsp3) is 0.571. The Morgan fingerprint density at radius 1 is 1.19 bits per heavy atom. The van der Waals surface area contributed by atoms with E-state index in [2.05, 4.69) is 50.7 Å². The first-order valence-electron chi connectivity index (χ1n) is 7.16. The van der Waals surface area contributed by atoms with E-state index in [4.69, 9.17) is 4.98 Å². The summed E-state index contributed by atoms with van der Waals surface area (Å²) in [5.74, 6) is 3.60. The van der Waals surface area contributed by atoms with Crippen molar-refractivity contribution in [1.82, 2.24) is 24.7 Å². The van der Waals surface area contributed by atoms with Gasteiger partial charge in [-0.1, -0.05) is 20.8 Å². The van der Waals surface area contributed by atoms with Crippen LogP contribution in [-0.4, -0.2) is 38.3 Å². The van der Waals surface area contributed by atoms with E-state index in [0.29, 0.717) is 0 Å². The average molecular weight is 287 g/mol. The average Bonchev–Trinajstić information content (AvgIpc) is 2.93. The predicted molar refractivity (Wildman–Crippen MR) is 81.4 cm³/mol. The van der Waals surface area contributed by atoms with Crippen LogP contribution in [0, 0.1) is 0 Å². The van der Waals surface area contributed by atoms with Crippen molar-refractivity contribution in [1.29, 1.82) is 0 Å². The lowest BCUT2D eigenvalue weighted by Gasteiger charge is -2.29. The van der Waals surface area contributed by atoms with Crippen molar-refractivity contribution in [3.8, 4) is 0 Å². The molecule has 0 saturated heterocycles. The number of rotatable bonds is 2. The Morgan fingerprint density at radius 3 is 2.71 bits per heavy atom. The van der Waals surface area contributed by atoms with Gasteiger partial charge >= 0.3 is 0 Å². The molecule has 3 rings (SSSR count). The molecule has 0 amide bonds. The molecule has 0 atom stereocenters. The van der Waals surface area contributed by atoms with Crippen LogP contribution in [0.15, 0.2) is 12.4 Å². The topological polar surface area (TPSA) is 71.8 Å². The number of hydrogen-bond donors (Lipinski definition) is 1. The van der Waals surface area contributed by atoms with Gasteiger partial charge in [-0.15, -0.1) is 10.2 Å². The molecule has 7 nitrogen and oxygen atoms in total. The van der Waals surface area contributed by atoms with Gasteiger partial charge < -0.3 is 14.8 Å². The van der Waals surface area contributed by atoms with Gasteiger partial charge in [0.05, 0.1) is 6.54 Å². The number of aromatic nitrogens is 5. The summed E-state index contributed by atoms with van der Waals surface area (Å²) >= 11 is 0. The molecule has 0 aliphatic carbocycles. The van der Waals surface area contributed by atoms with Crippen molar-refractivity contribution < 1.29 is 0 Å². The van der Waals surface area contributed by atoms with E-state index in [9.17, 15) is 0 Å². The van der Waals surface area contributed by atoms with E-state index in [0.717, 1.165) is 42.9 Å². The van der Waals surface area contributed by atoms with Crippen LogP contribution in [-0.2, 0) is 18.5 Å². The molecule has 0 radical (unpaired) electrons. The highest BCUT2D eigenvalue weighted by Gasteiger charge is 2.23. The van der Waals surface area contributed by atoms with Gasteiger partial charge in [-0.2, -0.15) is 0 Å². The third-order valence-corrected chi connectivity index (χ3v) is 3.60. The lowest BCUT2D eigenvalue weighted by atomic mass is 9.96. The molecule has 1 aliphatic heterocycles. The van der Waals surface area contributed by atoms with Gasteiger partial charge in [-0.05, 0) is 0 Å². The maximum Gasteiger partial charge on any atom is 0.152 e. The van der Waals surface area contributed by atoms with E-state index >= 15 is 0 Å². The van der Waals surface area contributed by atoms with Gasteiger partial charge in [0.15, 0.2) is 5.82 Å². The van der Waals surface area contributed by atoms with Crippen LogP contribution < -0.4 is 10.2 Å². The molecular formula is C14H21N7. The fourth-order valence-electron chi connectivity index (χ4n) is 2.32. The van der Waals surface area contributed by atoms with Crippen LogP contribution >= 0.6 is 0 Å². The van der Waals surface area contributed by atoms with Crippen molar-refractivity contribution >= 4 is 11.6 Å². The molecule has 0 saturated carbocycles. The maximum absolute atomic E-state index is 4.75. The van der Waals surface area contributed by atoms with Gasteiger partial charge in [0.1, 0.15) is 23.8 Å². The summed E-state index contributed by atoms with van der Waals surface area (Å²) in [5.41, 5.74) is -0.0859. The van der Waals surface area contributed by atoms with E-state index in [-0.39, 0.29) is 5.41 Å². The molecular weight excluding hydrogens is 266 g/mol. The van der Waals surface area contributed by atoms with Crippen molar-refractivity contribution in [3.05, 3.63) is 24.0 Å². The molecule has 2 aromatic rings. The molecule has 2 aromatic heterocycles. The summed E-state index contributed by atoms with van der Waals surface area (Å²) in [6.45, 7) is 8.87. The minimum Gasteiger partial charge on any atom is -0.373 e. The number of fused-ring (bicyclic) bond motifs is 1. The molecule has 0 spiro atoms. The maximum atomic E-state index is 4.75. The third kappa shape index (κ3) is 2.68. The minimum atomic E-state index is -0.0859. The molecule has 1 aliphatic rings. The zero-order valence-corrected chi connectivity index (χ0v) is 13.0. The fourth-order valence-corrected chi connectivity index (χ4v) is 2.32. The van der Waals surface area contributed by atoms with Crippen LogP contribution in [0.3, 0.4) is 0 Å². The van der Waals surface area contributed by atoms with E-state index in [1.54, 1.807) is 6.33 Å². The Labute approximate surface area is 124 Å². The quantitative estimate of drug-likeness (QED) is 0.901. The summed E-state index contributed by atoms with van der Waals surface area (Å²) in [6.07, 6.45) is 1.78. The van der Waals surface area contributed by atoms with Crippen LogP contribution in [0.25, 0.3) is 0 Å².